The minimum atomic E-state index is 0.421. The number of hydrogen-bond donors (Lipinski definition) is 0. The Balaban J connectivity index is 2.09. The summed E-state index contributed by atoms with van der Waals surface area (Å²) in [7, 11) is 3.13. The SMILES string of the molecule is [Si]OCN(c1ccccc1)c1ccccc1-c1ccccc1. The summed E-state index contributed by atoms with van der Waals surface area (Å²) in [6.07, 6.45) is 0. The van der Waals surface area contributed by atoms with Crippen LogP contribution in [0.5, 0.6) is 0 Å². The summed E-state index contributed by atoms with van der Waals surface area (Å²) in [5.41, 5.74) is 4.56. The van der Waals surface area contributed by atoms with Crippen LogP contribution in [-0.2, 0) is 4.43 Å². The van der Waals surface area contributed by atoms with Crippen molar-refractivity contribution in [1.29, 1.82) is 0 Å². The van der Waals surface area contributed by atoms with Crippen molar-refractivity contribution >= 4 is 21.9 Å². The van der Waals surface area contributed by atoms with Crippen molar-refractivity contribution in [2.45, 2.75) is 0 Å². The number of benzene rings is 3. The van der Waals surface area contributed by atoms with Crippen molar-refractivity contribution in [2.75, 3.05) is 11.6 Å². The Morgan fingerprint density at radius 1 is 0.727 bits per heavy atom. The highest BCUT2D eigenvalue weighted by atomic mass is 28.2. The molecule has 22 heavy (non-hydrogen) atoms. The van der Waals surface area contributed by atoms with Crippen LogP contribution in [0.4, 0.5) is 11.4 Å². The summed E-state index contributed by atoms with van der Waals surface area (Å²) in [5, 5.41) is 0. The van der Waals surface area contributed by atoms with Gasteiger partial charge < -0.3 is 9.33 Å². The van der Waals surface area contributed by atoms with E-state index in [0.717, 1.165) is 11.4 Å². The Hall–Kier alpha value is -2.36. The fraction of sp³-hybridized carbons (Fsp3) is 0.0526. The molecule has 0 spiro atoms. The molecule has 0 saturated carbocycles. The molecule has 3 aromatic carbocycles. The summed E-state index contributed by atoms with van der Waals surface area (Å²) >= 11 is 0. The summed E-state index contributed by atoms with van der Waals surface area (Å²) in [6, 6.07) is 29.0. The van der Waals surface area contributed by atoms with E-state index in [-0.39, 0.29) is 0 Å². The molecule has 3 radical (unpaired) electrons. The second kappa shape index (κ2) is 7.07. The highest BCUT2D eigenvalue weighted by Gasteiger charge is 2.13. The van der Waals surface area contributed by atoms with Crippen molar-refractivity contribution < 1.29 is 4.43 Å². The molecule has 0 atom stereocenters. The Morgan fingerprint density at radius 2 is 1.32 bits per heavy atom. The molecule has 0 bridgehead atoms. The zero-order valence-electron chi connectivity index (χ0n) is 12.1. The van der Waals surface area contributed by atoms with Gasteiger partial charge in [0.25, 0.3) is 0 Å². The quantitative estimate of drug-likeness (QED) is 0.506. The highest BCUT2D eigenvalue weighted by Crippen LogP contribution is 2.34. The van der Waals surface area contributed by atoms with E-state index >= 15 is 0 Å². The fourth-order valence-corrected chi connectivity index (χ4v) is 2.66. The second-order valence-electron chi connectivity index (χ2n) is 4.92. The van der Waals surface area contributed by atoms with Gasteiger partial charge in [-0.3, -0.25) is 0 Å². The van der Waals surface area contributed by atoms with Gasteiger partial charge in [0.1, 0.15) is 6.73 Å². The summed E-state index contributed by atoms with van der Waals surface area (Å²) in [6.45, 7) is 0.421. The van der Waals surface area contributed by atoms with Crippen LogP contribution in [-0.4, -0.2) is 17.2 Å². The molecule has 3 heteroatoms. The van der Waals surface area contributed by atoms with Crippen LogP contribution in [0.1, 0.15) is 0 Å². The maximum atomic E-state index is 5.24. The first-order valence-corrected chi connectivity index (χ1v) is 7.56. The zero-order chi connectivity index (χ0) is 15.2. The summed E-state index contributed by atoms with van der Waals surface area (Å²) in [4.78, 5) is 2.13. The lowest BCUT2D eigenvalue weighted by Gasteiger charge is -2.26. The molecular weight excluding hydrogens is 286 g/mol. The van der Waals surface area contributed by atoms with Gasteiger partial charge in [-0.1, -0.05) is 66.7 Å². The maximum Gasteiger partial charge on any atom is 0.248 e. The molecule has 0 aliphatic carbocycles. The lowest BCUT2D eigenvalue weighted by atomic mass is 10.0. The van der Waals surface area contributed by atoms with Gasteiger partial charge in [0.05, 0.1) is 5.69 Å². The average Bonchev–Trinajstić information content (AvgIpc) is 2.61. The van der Waals surface area contributed by atoms with Crippen molar-refractivity contribution in [2.24, 2.45) is 0 Å². The largest absolute Gasteiger partial charge is 0.401 e. The van der Waals surface area contributed by atoms with Gasteiger partial charge in [0.2, 0.25) is 10.5 Å². The van der Waals surface area contributed by atoms with E-state index in [1.807, 2.05) is 30.3 Å². The number of hydrogen-bond acceptors (Lipinski definition) is 2. The van der Waals surface area contributed by atoms with E-state index in [1.165, 1.54) is 11.1 Å². The van der Waals surface area contributed by atoms with Gasteiger partial charge in [-0.25, -0.2) is 0 Å². The van der Waals surface area contributed by atoms with Gasteiger partial charge in [-0.05, 0) is 23.8 Å². The van der Waals surface area contributed by atoms with Gasteiger partial charge in [-0.2, -0.15) is 0 Å². The van der Waals surface area contributed by atoms with Gasteiger partial charge >= 0.3 is 0 Å². The zero-order valence-corrected chi connectivity index (χ0v) is 13.1. The molecule has 0 unspecified atom stereocenters. The number of anilines is 2. The fourth-order valence-electron chi connectivity index (χ4n) is 2.53. The lowest BCUT2D eigenvalue weighted by Crippen LogP contribution is -2.20. The number of nitrogens with zero attached hydrogens (tertiary/aromatic N) is 1. The molecule has 0 amide bonds. The summed E-state index contributed by atoms with van der Waals surface area (Å²) < 4.78 is 5.24. The average molecular weight is 302 g/mol. The predicted molar refractivity (Wildman–Crippen MR) is 92.2 cm³/mol. The Bertz CT molecular complexity index is 716. The molecule has 107 valence electrons. The lowest BCUT2D eigenvalue weighted by molar-refractivity contribution is 0.360. The molecular formula is C19H16NOSi. The standard InChI is InChI=1S/C19H16NOSi/c22-21-15-20(17-11-5-2-6-12-17)19-14-8-7-13-18(19)16-9-3-1-4-10-16/h1-14H,15H2. The van der Waals surface area contributed by atoms with E-state index in [1.54, 1.807) is 0 Å². The smallest absolute Gasteiger partial charge is 0.248 e. The van der Waals surface area contributed by atoms with Crippen molar-refractivity contribution in [3.63, 3.8) is 0 Å². The van der Waals surface area contributed by atoms with Crippen LogP contribution in [0.15, 0.2) is 84.9 Å². The van der Waals surface area contributed by atoms with Crippen LogP contribution in [0.2, 0.25) is 0 Å². The Labute approximate surface area is 134 Å². The van der Waals surface area contributed by atoms with Crippen molar-refractivity contribution in [3.05, 3.63) is 84.9 Å². The number of rotatable bonds is 5. The minimum absolute atomic E-state index is 0.421. The molecule has 0 heterocycles. The van der Waals surface area contributed by atoms with E-state index in [9.17, 15) is 0 Å². The molecule has 0 saturated heterocycles. The van der Waals surface area contributed by atoms with Crippen LogP contribution in [0.25, 0.3) is 11.1 Å². The third-order valence-electron chi connectivity index (χ3n) is 3.54. The first-order chi connectivity index (χ1) is 10.9. The maximum absolute atomic E-state index is 5.24. The normalized spacial score (nSPS) is 10.4. The predicted octanol–water partition coefficient (Wildman–Crippen LogP) is 4.55. The Morgan fingerprint density at radius 3 is 2.00 bits per heavy atom. The molecule has 3 aromatic rings. The third-order valence-corrected chi connectivity index (χ3v) is 3.67. The van der Waals surface area contributed by atoms with Crippen molar-refractivity contribution in [3.8, 4) is 11.1 Å². The van der Waals surface area contributed by atoms with Gasteiger partial charge in [0.15, 0.2) is 0 Å². The van der Waals surface area contributed by atoms with Gasteiger partial charge in [-0.15, -0.1) is 0 Å². The van der Waals surface area contributed by atoms with Crippen LogP contribution in [0.3, 0.4) is 0 Å². The summed E-state index contributed by atoms with van der Waals surface area (Å²) in [5.74, 6) is 0. The van der Waals surface area contributed by atoms with Crippen LogP contribution in [0, 0.1) is 0 Å². The third kappa shape index (κ3) is 3.11. The van der Waals surface area contributed by atoms with Gasteiger partial charge in [0, 0.05) is 11.3 Å². The number of para-hydroxylation sites is 2. The molecule has 3 rings (SSSR count). The van der Waals surface area contributed by atoms with Crippen LogP contribution >= 0.6 is 0 Å². The molecule has 0 aliphatic rings. The van der Waals surface area contributed by atoms with Crippen LogP contribution < -0.4 is 4.90 Å². The molecule has 0 aromatic heterocycles. The monoisotopic (exact) mass is 302 g/mol. The topological polar surface area (TPSA) is 12.5 Å². The molecule has 0 aliphatic heterocycles. The highest BCUT2D eigenvalue weighted by molar-refractivity contribution is 5.98. The Kier molecular flexibility index (Phi) is 4.68. The molecule has 0 N–H and O–H groups in total. The molecule has 0 fully saturated rings. The van der Waals surface area contributed by atoms with E-state index < -0.39 is 0 Å². The van der Waals surface area contributed by atoms with Crippen molar-refractivity contribution in [1.82, 2.24) is 0 Å². The molecule has 2 nitrogen and oxygen atoms in total. The van der Waals surface area contributed by atoms with E-state index in [2.05, 4.69) is 70.0 Å². The second-order valence-corrected chi connectivity index (χ2v) is 5.21. The van der Waals surface area contributed by atoms with E-state index in [0.29, 0.717) is 6.73 Å². The first-order valence-electron chi connectivity index (χ1n) is 7.15. The van der Waals surface area contributed by atoms with E-state index in [4.69, 9.17) is 4.43 Å². The first kappa shape index (κ1) is 14.6. The minimum Gasteiger partial charge on any atom is -0.401 e.